The van der Waals surface area contributed by atoms with Gasteiger partial charge in [-0.1, -0.05) is 53.2 Å². The van der Waals surface area contributed by atoms with Gasteiger partial charge in [-0.3, -0.25) is 4.79 Å². The molecule has 9 unspecified atom stereocenters. The molecule has 5 aliphatic carbocycles. The Bertz CT molecular complexity index is 926. The number of aliphatic hydroxyl groups is 3. The third-order valence-electron chi connectivity index (χ3n) is 13.4. The summed E-state index contributed by atoms with van der Waals surface area (Å²) < 4.78 is 0. The average molecular weight is 489 g/mol. The van der Waals surface area contributed by atoms with Crippen molar-refractivity contribution in [1.82, 2.24) is 0 Å². The van der Waals surface area contributed by atoms with Crippen LogP contribution in [0.15, 0.2) is 11.6 Å². The van der Waals surface area contributed by atoms with Gasteiger partial charge in [-0.2, -0.15) is 0 Å². The highest BCUT2D eigenvalue weighted by molar-refractivity contribution is 5.76. The van der Waals surface area contributed by atoms with E-state index < -0.39 is 34.4 Å². The summed E-state index contributed by atoms with van der Waals surface area (Å²) in [7, 11) is 0. The van der Waals surface area contributed by atoms with Gasteiger partial charge < -0.3 is 20.4 Å². The van der Waals surface area contributed by atoms with Gasteiger partial charge in [0.05, 0.1) is 17.6 Å². The fraction of sp³-hybridized carbons (Fsp3) is 0.900. The fourth-order valence-corrected chi connectivity index (χ4v) is 10.9. The third-order valence-corrected chi connectivity index (χ3v) is 13.4. The fourth-order valence-electron chi connectivity index (χ4n) is 10.9. The van der Waals surface area contributed by atoms with Gasteiger partial charge in [0.15, 0.2) is 0 Å². The molecule has 0 bridgehead atoms. The summed E-state index contributed by atoms with van der Waals surface area (Å²) in [6.45, 7) is 13.5. The Morgan fingerprint density at radius 1 is 1.00 bits per heavy atom. The van der Waals surface area contributed by atoms with E-state index in [1.165, 1.54) is 5.57 Å². The minimum Gasteiger partial charge on any atom is -0.481 e. The molecule has 4 N–H and O–H groups in total. The molecule has 198 valence electrons. The lowest BCUT2D eigenvalue weighted by Crippen LogP contribution is -2.69. The van der Waals surface area contributed by atoms with Crippen LogP contribution in [0.25, 0.3) is 0 Å². The molecule has 5 aliphatic rings. The molecule has 4 fully saturated rings. The molecule has 0 aliphatic heterocycles. The Hall–Kier alpha value is -0.910. The van der Waals surface area contributed by atoms with E-state index in [0.717, 1.165) is 44.9 Å². The first-order chi connectivity index (χ1) is 16.2. The zero-order valence-electron chi connectivity index (χ0n) is 22.7. The maximum absolute atomic E-state index is 12.8. The average Bonchev–Trinajstić information content (AvgIpc) is 2.80. The van der Waals surface area contributed by atoms with Crippen LogP contribution in [0.4, 0.5) is 0 Å². The first kappa shape index (κ1) is 25.7. The number of carboxylic acid groups (broad SMARTS) is 1. The quantitative estimate of drug-likeness (QED) is 0.409. The lowest BCUT2D eigenvalue weighted by Gasteiger charge is -2.71. The predicted octanol–water partition coefficient (Wildman–Crippen LogP) is 5.03. The van der Waals surface area contributed by atoms with Crippen LogP contribution >= 0.6 is 0 Å². The number of fused-ring (bicyclic) bond motifs is 7. The number of allylic oxidation sites excluding steroid dienone is 2. The Labute approximate surface area is 211 Å². The Morgan fingerprint density at radius 3 is 2.31 bits per heavy atom. The second-order valence-corrected chi connectivity index (χ2v) is 14.5. The summed E-state index contributed by atoms with van der Waals surface area (Å²) in [5.41, 5.74) is -0.383. The zero-order chi connectivity index (χ0) is 25.8. The first-order valence-electron chi connectivity index (χ1n) is 14.1. The first-order valence-corrected chi connectivity index (χ1v) is 14.1. The van der Waals surface area contributed by atoms with Crippen molar-refractivity contribution in [2.24, 2.45) is 56.7 Å². The van der Waals surface area contributed by atoms with Gasteiger partial charge in [0.1, 0.15) is 0 Å². The molecular formula is C30H48O5. The smallest absolute Gasteiger partial charge is 0.310 e. The molecule has 0 aromatic rings. The summed E-state index contributed by atoms with van der Waals surface area (Å²) in [5, 5.41) is 43.5. The van der Waals surface area contributed by atoms with E-state index in [0.29, 0.717) is 18.3 Å². The molecule has 0 amide bonds. The minimum atomic E-state index is -0.834. The minimum absolute atomic E-state index is 0.0281. The molecule has 35 heavy (non-hydrogen) atoms. The number of hydrogen-bond acceptors (Lipinski definition) is 4. The number of aliphatic carboxylic acids is 1. The molecule has 0 spiro atoms. The molecule has 0 heterocycles. The van der Waals surface area contributed by atoms with Gasteiger partial charge >= 0.3 is 5.97 Å². The van der Waals surface area contributed by atoms with Crippen molar-refractivity contribution >= 4 is 5.97 Å². The second-order valence-electron chi connectivity index (χ2n) is 14.5. The van der Waals surface area contributed by atoms with Crippen molar-refractivity contribution < 1.29 is 25.2 Å². The van der Waals surface area contributed by atoms with E-state index in [4.69, 9.17) is 0 Å². The maximum atomic E-state index is 12.8. The van der Waals surface area contributed by atoms with Crippen LogP contribution in [-0.4, -0.2) is 45.2 Å². The highest BCUT2D eigenvalue weighted by atomic mass is 16.4. The standard InChI is InChI=1S/C30H48O5/c1-17-9-12-29(25(34)35)14-13-27(5)19(23(29)18(17)2)7-8-22-28(27,6)11-10-21-26(3,4)24(33)20(32)15-30(21,22)16-31/h7,17-18,20-24,31-33H,8-16H2,1-6H3,(H,34,35)/t17-,18?,20?,21?,22?,23?,24?,27-,28?,29?,30?/m1/s1. The van der Waals surface area contributed by atoms with Gasteiger partial charge in [-0.25, -0.2) is 0 Å². The van der Waals surface area contributed by atoms with Crippen molar-refractivity contribution in [3.05, 3.63) is 11.6 Å². The zero-order valence-corrected chi connectivity index (χ0v) is 22.7. The van der Waals surface area contributed by atoms with Gasteiger partial charge in [0.25, 0.3) is 0 Å². The normalized spacial score (nSPS) is 55.0. The number of aliphatic hydroxyl groups excluding tert-OH is 3. The summed E-state index contributed by atoms with van der Waals surface area (Å²) >= 11 is 0. The van der Waals surface area contributed by atoms with Crippen molar-refractivity contribution in [2.75, 3.05) is 6.61 Å². The van der Waals surface area contributed by atoms with Crippen LogP contribution in [-0.2, 0) is 4.79 Å². The lowest BCUT2D eigenvalue weighted by atomic mass is 9.33. The molecule has 0 saturated heterocycles. The largest absolute Gasteiger partial charge is 0.481 e. The molecule has 4 saturated carbocycles. The molecule has 5 nitrogen and oxygen atoms in total. The topological polar surface area (TPSA) is 98.0 Å². The third kappa shape index (κ3) is 2.95. The Balaban J connectivity index is 1.64. The Kier molecular flexibility index (Phi) is 5.73. The second kappa shape index (κ2) is 7.80. The van der Waals surface area contributed by atoms with Crippen molar-refractivity contribution in [3.8, 4) is 0 Å². The lowest BCUT2D eigenvalue weighted by molar-refractivity contribution is -0.248. The molecule has 5 heteroatoms. The van der Waals surface area contributed by atoms with Gasteiger partial charge in [0, 0.05) is 12.0 Å². The highest BCUT2D eigenvalue weighted by Gasteiger charge is 2.71. The van der Waals surface area contributed by atoms with Gasteiger partial charge in [0.2, 0.25) is 0 Å². The van der Waals surface area contributed by atoms with Crippen molar-refractivity contribution in [1.29, 1.82) is 0 Å². The van der Waals surface area contributed by atoms with Crippen molar-refractivity contribution in [2.45, 2.75) is 105 Å². The summed E-state index contributed by atoms with van der Waals surface area (Å²) in [6, 6.07) is 0. The maximum Gasteiger partial charge on any atom is 0.310 e. The van der Waals surface area contributed by atoms with E-state index in [9.17, 15) is 25.2 Å². The van der Waals surface area contributed by atoms with E-state index in [1.54, 1.807) is 0 Å². The predicted molar refractivity (Wildman–Crippen MR) is 135 cm³/mol. The van der Waals surface area contributed by atoms with E-state index in [-0.39, 0.29) is 35.2 Å². The molecule has 0 aromatic heterocycles. The van der Waals surface area contributed by atoms with Crippen LogP contribution in [0.3, 0.4) is 0 Å². The summed E-state index contributed by atoms with van der Waals surface area (Å²) in [4.78, 5) is 12.8. The van der Waals surface area contributed by atoms with Crippen molar-refractivity contribution in [3.63, 3.8) is 0 Å². The number of carbonyl (C=O) groups is 1. The van der Waals surface area contributed by atoms with E-state index in [1.807, 2.05) is 0 Å². The van der Waals surface area contributed by atoms with Gasteiger partial charge in [-0.15, -0.1) is 0 Å². The Morgan fingerprint density at radius 2 is 1.69 bits per heavy atom. The number of rotatable bonds is 2. The molecule has 11 atom stereocenters. The molecule has 5 rings (SSSR count). The highest BCUT2D eigenvalue weighted by Crippen LogP contribution is 2.75. The molecule has 0 radical (unpaired) electrons. The summed E-state index contributed by atoms with van der Waals surface area (Å²) in [5.74, 6) is 0.639. The van der Waals surface area contributed by atoms with Crippen LogP contribution in [0.2, 0.25) is 0 Å². The van der Waals surface area contributed by atoms with Gasteiger partial charge in [-0.05, 0) is 97.2 Å². The molecule has 0 aromatic carbocycles. The van der Waals surface area contributed by atoms with E-state index >= 15 is 0 Å². The monoisotopic (exact) mass is 488 g/mol. The van der Waals surface area contributed by atoms with Crippen LogP contribution in [0, 0.1) is 56.7 Å². The number of hydrogen-bond donors (Lipinski definition) is 4. The number of carboxylic acids is 1. The molecular weight excluding hydrogens is 440 g/mol. The van der Waals surface area contributed by atoms with E-state index in [2.05, 4.69) is 47.6 Å². The van der Waals surface area contributed by atoms with Crippen LogP contribution in [0.1, 0.15) is 92.9 Å². The SMILES string of the molecule is CC1C2C3=CCC4C5(CO)CC(O)C(O)C(C)(C)C5CCC4(C)[C@]3(C)CCC2(C(=O)O)CC[C@H]1C. The van der Waals surface area contributed by atoms with Crippen LogP contribution < -0.4 is 0 Å². The summed E-state index contributed by atoms with van der Waals surface area (Å²) in [6.07, 6.45) is 7.33. The van der Waals surface area contributed by atoms with Crippen LogP contribution in [0.5, 0.6) is 0 Å².